The maximum absolute atomic E-state index is 13.0. The second-order valence-corrected chi connectivity index (χ2v) is 6.56. The molecule has 1 aliphatic heterocycles. The summed E-state index contributed by atoms with van der Waals surface area (Å²) in [5, 5.41) is 19.8. The number of hydrogen-bond acceptors (Lipinski definition) is 3. The van der Waals surface area contributed by atoms with Crippen LogP contribution in [0.4, 0.5) is 4.39 Å². The molecule has 1 amide bonds. The fourth-order valence-electron chi connectivity index (χ4n) is 3.30. The van der Waals surface area contributed by atoms with Gasteiger partial charge in [-0.15, -0.1) is 0 Å². The number of phenolic OH excluding ortho intramolecular Hbond substituents is 1. The zero-order valence-electron chi connectivity index (χ0n) is 13.9. The van der Waals surface area contributed by atoms with Gasteiger partial charge in [0.1, 0.15) is 11.6 Å². The van der Waals surface area contributed by atoms with Gasteiger partial charge in [-0.2, -0.15) is 0 Å². The molecular weight excluding hydrogens is 321 g/mol. The van der Waals surface area contributed by atoms with Gasteiger partial charge in [0.25, 0.3) is 0 Å². The standard InChI is InChI=1S/C20H22FNO3/c21-17-5-3-15(4-6-17)20(25)16-9-11-22(12-10-16)19(24)13-14-1-7-18(23)8-2-14/h1-8,16,20,23,25H,9-13H2. The van der Waals surface area contributed by atoms with Gasteiger partial charge in [-0.05, 0) is 54.2 Å². The van der Waals surface area contributed by atoms with Crippen molar-refractivity contribution in [1.29, 1.82) is 0 Å². The lowest BCUT2D eigenvalue weighted by Crippen LogP contribution is -2.40. The Balaban J connectivity index is 1.53. The third-order valence-electron chi connectivity index (χ3n) is 4.84. The molecule has 2 N–H and O–H groups in total. The number of aliphatic hydroxyl groups is 1. The minimum absolute atomic E-state index is 0.0559. The minimum atomic E-state index is -0.630. The van der Waals surface area contributed by atoms with E-state index in [4.69, 9.17) is 0 Å². The molecule has 1 fully saturated rings. The van der Waals surface area contributed by atoms with E-state index in [1.165, 1.54) is 12.1 Å². The number of aliphatic hydroxyl groups excluding tert-OH is 1. The Kier molecular flexibility index (Phi) is 5.34. The van der Waals surface area contributed by atoms with Crippen LogP contribution in [0.5, 0.6) is 5.75 Å². The number of halogens is 1. The summed E-state index contributed by atoms with van der Waals surface area (Å²) in [6.45, 7) is 1.22. The number of carbonyl (C=O) groups is 1. The van der Waals surface area contributed by atoms with Gasteiger partial charge >= 0.3 is 0 Å². The van der Waals surface area contributed by atoms with Crippen LogP contribution < -0.4 is 0 Å². The van der Waals surface area contributed by atoms with Crippen molar-refractivity contribution in [3.05, 3.63) is 65.5 Å². The first kappa shape index (κ1) is 17.4. The zero-order valence-corrected chi connectivity index (χ0v) is 13.9. The SMILES string of the molecule is O=C(Cc1ccc(O)cc1)N1CCC(C(O)c2ccc(F)cc2)CC1. The number of carbonyl (C=O) groups excluding carboxylic acids is 1. The Morgan fingerprint density at radius 2 is 1.68 bits per heavy atom. The van der Waals surface area contributed by atoms with Crippen molar-refractivity contribution in [2.24, 2.45) is 5.92 Å². The van der Waals surface area contributed by atoms with Crippen molar-refractivity contribution in [2.45, 2.75) is 25.4 Å². The first-order chi connectivity index (χ1) is 12.0. The summed E-state index contributed by atoms with van der Waals surface area (Å²) in [7, 11) is 0. The Bertz CT molecular complexity index is 707. The van der Waals surface area contributed by atoms with Crippen LogP contribution in [0.15, 0.2) is 48.5 Å². The van der Waals surface area contributed by atoms with Crippen LogP contribution in [-0.4, -0.2) is 34.1 Å². The van der Waals surface area contributed by atoms with Crippen molar-refractivity contribution < 1.29 is 19.4 Å². The Morgan fingerprint density at radius 3 is 2.28 bits per heavy atom. The zero-order chi connectivity index (χ0) is 17.8. The lowest BCUT2D eigenvalue weighted by molar-refractivity contribution is -0.132. The summed E-state index contributed by atoms with van der Waals surface area (Å²) in [6.07, 6.45) is 1.13. The number of piperidine rings is 1. The largest absolute Gasteiger partial charge is 0.508 e. The Hall–Kier alpha value is -2.40. The molecule has 1 atom stereocenters. The van der Waals surface area contributed by atoms with E-state index in [1.807, 2.05) is 4.90 Å². The molecule has 132 valence electrons. The van der Waals surface area contributed by atoms with E-state index in [1.54, 1.807) is 36.4 Å². The van der Waals surface area contributed by atoms with E-state index in [-0.39, 0.29) is 23.4 Å². The highest BCUT2D eigenvalue weighted by atomic mass is 19.1. The molecule has 0 aliphatic carbocycles. The van der Waals surface area contributed by atoms with Crippen molar-refractivity contribution >= 4 is 5.91 Å². The first-order valence-electron chi connectivity index (χ1n) is 8.52. The lowest BCUT2D eigenvalue weighted by atomic mass is 9.87. The van der Waals surface area contributed by atoms with Gasteiger partial charge in [-0.25, -0.2) is 4.39 Å². The number of hydrogen-bond donors (Lipinski definition) is 2. The van der Waals surface area contributed by atoms with E-state index >= 15 is 0 Å². The second-order valence-electron chi connectivity index (χ2n) is 6.56. The van der Waals surface area contributed by atoms with Crippen LogP contribution in [0.1, 0.15) is 30.1 Å². The van der Waals surface area contributed by atoms with Crippen LogP contribution >= 0.6 is 0 Å². The fourth-order valence-corrected chi connectivity index (χ4v) is 3.30. The Labute approximate surface area is 146 Å². The highest BCUT2D eigenvalue weighted by Crippen LogP contribution is 2.31. The van der Waals surface area contributed by atoms with E-state index in [9.17, 15) is 19.4 Å². The Morgan fingerprint density at radius 1 is 1.08 bits per heavy atom. The summed E-state index contributed by atoms with van der Waals surface area (Å²) in [5.41, 5.74) is 1.59. The molecule has 1 saturated heterocycles. The highest BCUT2D eigenvalue weighted by molar-refractivity contribution is 5.78. The molecule has 1 unspecified atom stereocenters. The molecule has 2 aromatic carbocycles. The maximum Gasteiger partial charge on any atom is 0.226 e. The average Bonchev–Trinajstić information content (AvgIpc) is 2.64. The monoisotopic (exact) mass is 343 g/mol. The van der Waals surface area contributed by atoms with Gasteiger partial charge in [-0.3, -0.25) is 4.79 Å². The fraction of sp³-hybridized carbons (Fsp3) is 0.350. The lowest BCUT2D eigenvalue weighted by Gasteiger charge is -2.34. The maximum atomic E-state index is 13.0. The van der Waals surface area contributed by atoms with Crippen LogP contribution in [0.2, 0.25) is 0 Å². The number of phenols is 1. The predicted octanol–water partition coefficient (Wildman–Crippen LogP) is 3.05. The topological polar surface area (TPSA) is 60.8 Å². The van der Waals surface area contributed by atoms with E-state index < -0.39 is 6.10 Å². The van der Waals surface area contributed by atoms with Crippen molar-refractivity contribution in [1.82, 2.24) is 4.90 Å². The van der Waals surface area contributed by atoms with Crippen molar-refractivity contribution in [2.75, 3.05) is 13.1 Å². The van der Waals surface area contributed by atoms with Crippen LogP contribution in [0.3, 0.4) is 0 Å². The first-order valence-corrected chi connectivity index (χ1v) is 8.52. The van der Waals surface area contributed by atoms with Gasteiger partial charge in [-0.1, -0.05) is 24.3 Å². The number of amides is 1. The molecule has 1 aliphatic rings. The molecule has 0 bridgehead atoms. The van der Waals surface area contributed by atoms with Gasteiger partial charge in [0.2, 0.25) is 5.91 Å². The van der Waals surface area contributed by atoms with Crippen LogP contribution in [0.25, 0.3) is 0 Å². The van der Waals surface area contributed by atoms with Gasteiger partial charge in [0.05, 0.1) is 12.5 Å². The summed E-state index contributed by atoms with van der Waals surface area (Å²) in [5.74, 6) is 0.000913. The van der Waals surface area contributed by atoms with Gasteiger partial charge in [0, 0.05) is 13.1 Å². The number of rotatable bonds is 4. The molecule has 5 heteroatoms. The number of likely N-dealkylation sites (tertiary alicyclic amines) is 1. The molecule has 0 saturated carbocycles. The third-order valence-corrected chi connectivity index (χ3v) is 4.84. The van der Waals surface area contributed by atoms with Crippen LogP contribution in [-0.2, 0) is 11.2 Å². The summed E-state index contributed by atoms with van der Waals surface area (Å²) >= 11 is 0. The number of nitrogens with zero attached hydrogens (tertiary/aromatic N) is 1. The summed E-state index contributed by atoms with van der Waals surface area (Å²) < 4.78 is 13.0. The molecule has 0 radical (unpaired) electrons. The molecular formula is C20H22FNO3. The third kappa shape index (κ3) is 4.37. The van der Waals surface area contributed by atoms with Crippen molar-refractivity contribution in [3.8, 4) is 5.75 Å². The molecule has 3 rings (SSSR count). The quantitative estimate of drug-likeness (QED) is 0.897. The molecule has 0 aromatic heterocycles. The van der Waals surface area contributed by atoms with Crippen LogP contribution in [0, 0.1) is 11.7 Å². The minimum Gasteiger partial charge on any atom is -0.508 e. The van der Waals surface area contributed by atoms with E-state index in [0.717, 1.165) is 24.0 Å². The second kappa shape index (κ2) is 7.66. The molecule has 4 nitrogen and oxygen atoms in total. The molecule has 25 heavy (non-hydrogen) atoms. The summed E-state index contributed by atoms with van der Waals surface area (Å²) in [4.78, 5) is 14.2. The van der Waals surface area contributed by atoms with E-state index in [2.05, 4.69) is 0 Å². The van der Waals surface area contributed by atoms with Gasteiger partial charge in [0.15, 0.2) is 0 Å². The molecule has 0 spiro atoms. The molecule has 2 aromatic rings. The average molecular weight is 343 g/mol. The molecule has 1 heterocycles. The predicted molar refractivity (Wildman–Crippen MR) is 92.5 cm³/mol. The van der Waals surface area contributed by atoms with Gasteiger partial charge < -0.3 is 15.1 Å². The smallest absolute Gasteiger partial charge is 0.226 e. The normalized spacial score (nSPS) is 16.6. The van der Waals surface area contributed by atoms with E-state index in [0.29, 0.717) is 19.5 Å². The number of aromatic hydroxyl groups is 1. The highest BCUT2D eigenvalue weighted by Gasteiger charge is 2.28. The summed E-state index contributed by atoms with van der Waals surface area (Å²) in [6, 6.07) is 12.6. The number of benzene rings is 2. The van der Waals surface area contributed by atoms with Crippen molar-refractivity contribution in [3.63, 3.8) is 0 Å².